The molecule has 0 aliphatic rings. The van der Waals surface area contributed by atoms with E-state index in [0.717, 1.165) is 23.9 Å². The third kappa shape index (κ3) is 3.94. The zero-order valence-electron chi connectivity index (χ0n) is 17.8. The molecule has 0 spiro atoms. The van der Waals surface area contributed by atoms with Gasteiger partial charge in [-0.1, -0.05) is 13.8 Å². The van der Waals surface area contributed by atoms with Crippen molar-refractivity contribution in [2.75, 3.05) is 12.4 Å². The van der Waals surface area contributed by atoms with Gasteiger partial charge in [-0.3, -0.25) is 9.78 Å². The predicted octanol–water partition coefficient (Wildman–Crippen LogP) is 4.99. The molecule has 1 aromatic carbocycles. The van der Waals surface area contributed by atoms with Crippen LogP contribution in [0.1, 0.15) is 35.7 Å². The number of rotatable bonds is 6. The first kappa shape index (κ1) is 21.2. The van der Waals surface area contributed by atoms with Crippen LogP contribution in [-0.4, -0.2) is 33.8 Å². The maximum absolute atomic E-state index is 13.3. The largest absolute Gasteiger partial charge is 0.463 e. The van der Waals surface area contributed by atoms with Gasteiger partial charge >= 0.3 is 5.97 Å². The number of hydrogen-bond donors (Lipinski definition) is 2. The molecular weight excluding hydrogens is 411 g/mol. The Hall–Kier alpha value is -4.07. The van der Waals surface area contributed by atoms with Crippen molar-refractivity contribution < 1.29 is 18.7 Å². The molecule has 0 saturated carbocycles. The molecule has 4 rings (SSSR count). The van der Waals surface area contributed by atoms with E-state index < -0.39 is 11.8 Å². The number of H-pyrrole nitrogens is 1. The van der Waals surface area contributed by atoms with E-state index in [2.05, 4.69) is 25.0 Å². The van der Waals surface area contributed by atoms with E-state index in [1.807, 2.05) is 19.9 Å². The minimum atomic E-state index is -0.953. The van der Waals surface area contributed by atoms with E-state index in [9.17, 15) is 14.0 Å². The first-order valence-electron chi connectivity index (χ1n) is 10.0. The van der Waals surface area contributed by atoms with Crippen LogP contribution in [-0.2, 0) is 9.53 Å². The van der Waals surface area contributed by atoms with Gasteiger partial charge in [0.25, 0.3) is 5.78 Å². The highest BCUT2D eigenvalue weighted by Gasteiger charge is 2.23. The Bertz CT molecular complexity index is 1310. The standard InChI is InChI=1S/C24H21FN4O3/c1-13(2)16-11-27-19(14-4-6-15(25)7-5-14)10-20(16)29-18-8-9-26-23-21(18)17(12-28-23)22(30)24(31)32-3/h4-13H,1-3H3,(H2,26,27,28,29). The highest BCUT2D eigenvalue weighted by molar-refractivity contribution is 6.43. The number of methoxy groups -OCH3 is 1. The summed E-state index contributed by atoms with van der Waals surface area (Å²) in [4.78, 5) is 36.1. The second kappa shape index (κ2) is 8.58. The second-order valence-corrected chi connectivity index (χ2v) is 7.55. The summed E-state index contributed by atoms with van der Waals surface area (Å²) in [6.07, 6.45) is 4.83. The molecule has 2 N–H and O–H groups in total. The summed E-state index contributed by atoms with van der Waals surface area (Å²) in [6, 6.07) is 9.71. The van der Waals surface area contributed by atoms with Crippen molar-refractivity contribution >= 4 is 34.2 Å². The Labute approximate surface area is 183 Å². The molecular formula is C24H21FN4O3. The molecule has 0 radical (unpaired) electrons. The molecule has 0 aliphatic heterocycles. The SMILES string of the molecule is COC(=O)C(=O)c1c[nH]c2nccc(Nc3cc(-c4ccc(F)cc4)ncc3C(C)C)c12. The number of halogens is 1. The number of ketones is 1. The van der Waals surface area contributed by atoms with Crippen LogP contribution in [0.15, 0.2) is 55.0 Å². The Morgan fingerprint density at radius 1 is 1.09 bits per heavy atom. The Morgan fingerprint density at radius 3 is 2.53 bits per heavy atom. The molecule has 0 unspecified atom stereocenters. The fourth-order valence-corrected chi connectivity index (χ4v) is 3.50. The smallest absolute Gasteiger partial charge is 0.379 e. The molecule has 0 amide bonds. The van der Waals surface area contributed by atoms with Crippen LogP contribution in [0.25, 0.3) is 22.3 Å². The lowest BCUT2D eigenvalue weighted by Crippen LogP contribution is -2.15. The van der Waals surface area contributed by atoms with Crippen molar-refractivity contribution in [3.8, 4) is 11.3 Å². The third-order valence-corrected chi connectivity index (χ3v) is 5.16. The number of carbonyl (C=O) groups is 2. The maximum Gasteiger partial charge on any atom is 0.379 e. The summed E-state index contributed by atoms with van der Waals surface area (Å²) in [5.74, 6) is -1.88. The van der Waals surface area contributed by atoms with E-state index >= 15 is 0 Å². The van der Waals surface area contributed by atoms with Crippen molar-refractivity contribution in [3.05, 3.63) is 71.9 Å². The summed E-state index contributed by atoms with van der Waals surface area (Å²) >= 11 is 0. The van der Waals surface area contributed by atoms with Crippen molar-refractivity contribution in [3.63, 3.8) is 0 Å². The Morgan fingerprint density at radius 2 is 1.84 bits per heavy atom. The van der Waals surface area contributed by atoms with Crippen LogP contribution in [0, 0.1) is 5.82 Å². The van der Waals surface area contributed by atoms with E-state index in [-0.39, 0.29) is 17.3 Å². The van der Waals surface area contributed by atoms with Gasteiger partial charge < -0.3 is 15.0 Å². The first-order chi connectivity index (χ1) is 15.4. The van der Waals surface area contributed by atoms with Crippen molar-refractivity contribution in [2.24, 2.45) is 0 Å². The van der Waals surface area contributed by atoms with Crippen LogP contribution in [0.5, 0.6) is 0 Å². The van der Waals surface area contributed by atoms with Gasteiger partial charge in [0, 0.05) is 29.8 Å². The number of anilines is 2. The molecule has 7 nitrogen and oxygen atoms in total. The number of aromatic amines is 1. The molecule has 8 heteroatoms. The van der Waals surface area contributed by atoms with Crippen LogP contribution < -0.4 is 5.32 Å². The van der Waals surface area contributed by atoms with Crippen molar-refractivity contribution in [2.45, 2.75) is 19.8 Å². The van der Waals surface area contributed by atoms with E-state index in [1.165, 1.54) is 18.3 Å². The summed E-state index contributed by atoms with van der Waals surface area (Å²) in [5.41, 5.74) is 4.40. The van der Waals surface area contributed by atoms with E-state index in [4.69, 9.17) is 0 Å². The lowest BCUT2D eigenvalue weighted by Gasteiger charge is -2.17. The predicted molar refractivity (Wildman–Crippen MR) is 119 cm³/mol. The maximum atomic E-state index is 13.3. The van der Waals surface area contributed by atoms with Crippen molar-refractivity contribution in [1.29, 1.82) is 0 Å². The van der Waals surface area contributed by atoms with Gasteiger partial charge in [0.05, 0.1) is 29.4 Å². The van der Waals surface area contributed by atoms with Crippen LogP contribution >= 0.6 is 0 Å². The number of esters is 1. The monoisotopic (exact) mass is 432 g/mol. The average molecular weight is 432 g/mol. The van der Waals surface area contributed by atoms with Crippen molar-refractivity contribution in [1.82, 2.24) is 15.0 Å². The molecule has 0 bridgehead atoms. The van der Waals surface area contributed by atoms with Gasteiger partial charge in [-0.15, -0.1) is 0 Å². The number of nitrogens with one attached hydrogen (secondary N) is 2. The normalized spacial score (nSPS) is 11.0. The number of hydrogen-bond acceptors (Lipinski definition) is 6. The van der Waals surface area contributed by atoms with E-state index in [0.29, 0.717) is 22.4 Å². The number of Topliss-reactive ketones (excluding diaryl/α,β-unsaturated/α-hetero) is 1. The lowest BCUT2D eigenvalue weighted by molar-refractivity contribution is -0.135. The van der Waals surface area contributed by atoms with E-state index in [1.54, 1.807) is 30.6 Å². The molecule has 0 saturated heterocycles. The van der Waals surface area contributed by atoms with Crippen LogP contribution in [0.2, 0.25) is 0 Å². The fourth-order valence-electron chi connectivity index (χ4n) is 3.50. The number of benzene rings is 1. The lowest BCUT2D eigenvalue weighted by atomic mass is 10.0. The first-order valence-corrected chi connectivity index (χ1v) is 10.0. The number of carbonyl (C=O) groups excluding carboxylic acids is 2. The molecule has 4 aromatic rings. The zero-order chi connectivity index (χ0) is 22.8. The minimum absolute atomic E-state index is 0.159. The number of pyridine rings is 2. The zero-order valence-corrected chi connectivity index (χ0v) is 17.8. The number of nitrogens with zero attached hydrogens (tertiary/aromatic N) is 2. The molecule has 162 valence electrons. The summed E-state index contributed by atoms with van der Waals surface area (Å²) in [5, 5.41) is 3.86. The van der Waals surface area contributed by atoms with Gasteiger partial charge in [0.2, 0.25) is 0 Å². The quantitative estimate of drug-likeness (QED) is 0.253. The number of fused-ring (bicyclic) bond motifs is 1. The van der Waals surface area contributed by atoms with Gasteiger partial charge in [-0.05, 0) is 47.9 Å². The molecule has 0 atom stereocenters. The highest BCUT2D eigenvalue weighted by Crippen LogP contribution is 2.34. The highest BCUT2D eigenvalue weighted by atomic mass is 19.1. The van der Waals surface area contributed by atoms with Crippen LogP contribution in [0.4, 0.5) is 15.8 Å². The van der Waals surface area contributed by atoms with Gasteiger partial charge in [0.1, 0.15) is 11.5 Å². The Kier molecular flexibility index (Phi) is 5.68. The van der Waals surface area contributed by atoms with Gasteiger partial charge in [0.15, 0.2) is 0 Å². The molecule has 32 heavy (non-hydrogen) atoms. The Balaban J connectivity index is 1.82. The minimum Gasteiger partial charge on any atom is -0.463 e. The topological polar surface area (TPSA) is 97.0 Å². The summed E-state index contributed by atoms with van der Waals surface area (Å²) < 4.78 is 17.9. The molecule has 0 aliphatic carbocycles. The fraction of sp³-hybridized carbons (Fsp3) is 0.167. The van der Waals surface area contributed by atoms with Gasteiger partial charge in [-0.25, -0.2) is 14.2 Å². The third-order valence-electron chi connectivity index (χ3n) is 5.16. The molecule has 0 fully saturated rings. The number of ether oxygens (including phenoxy) is 1. The molecule has 3 heterocycles. The van der Waals surface area contributed by atoms with Gasteiger partial charge in [-0.2, -0.15) is 0 Å². The molecule has 3 aromatic heterocycles. The average Bonchev–Trinajstić information content (AvgIpc) is 3.23. The van der Waals surface area contributed by atoms with Crippen LogP contribution in [0.3, 0.4) is 0 Å². The summed E-state index contributed by atoms with van der Waals surface area (Å²) in [6.45, 7) is 4.09. The number of aromatic nitrogens is 3. The summed E-state index contributed by atoms with van der Waals surface area (Å²) in [7, 11) is 1.16. The second-order valence-electron chi connectivity index (χ2n) is 7.55.